The van der Waals surface area contributed by atoms with Crippen LogP contribution in [-0.4, -0.2) is 167 Å². The van der Waals surface area contributed by atoms with E-state index in [0.717, 1.165) is 35.3 Å². The zero-order valence-corrected chi connectivity index (χ0v) is 56.6. The summed E-state index contributed by atoms with van der Waals surface area (Å²) in [6, 6.07) is 15.2. The highest BCUT2D eigenvalue weighted by atomic mass is 32.2. The normalized spacial score (nSPS) is 17.8. The molecule has 7 N–H and O–H groups in total. The number of carbonyl (C=O) groups is 3. The average molecular weight is 1420 g/mol. The second-order valence-electron chi connectivity index (χ2n) is 24.1. The van der Waals surface area contributed by atoms with Gasteiger partial charge >= 0.3 is 0 Å². The number of unbranched alkanes of at least 4 members (excludes halogenated alkanes) is 2. The Bertz CT molecular complexity index is 4560. The quantitative estimate of drug-likeness (QED) is 0.0121. The Balaban J connectivity index is 1.22. The van der Waals surface area contributed by atoms with E-state index in [-0.39, 0.29) is 87.4 Å². The molecule has 3 heterocycles. The van der Waals surface area contributed by atoms with Crippen molar-refractivity contribution in [3.05, 3.63) is 137 Å². The van der Waals surface area contributed by atoms with Crippen molar-refractivity contribution in [2.24, 2.45) is 0 Å². The molecule has 0 radical (unpaired) electrons. The summed E-state index contributed by atoms with van der Waals surface area (Å²) < 4.78 is 215. The van der Waals surface area contributed by atoms with Crippen molar-refractivity contribution in [1.29, 1.82) is 0 Å². The highest BCUT2D eigenvalue weighted by Crippen LogP contribution is 2.50. The van der Waals surface area contributed by atoms with E-state index in [9.17, 15) is 92.2 Å². The van der Waals surface area contributed by atoms with Crippen molar-refractivity contribution < 1.29 is 102 Å². The minimum absolute atomic E-state index is 0.00840. The molecule has 4 aliphatic rings. The fraction of sp³-hybridized carbons (Fsp3) is 0.410. The number of hydrogen-bond donors (Lipinski definition) is 7. The topological polar surface area (TPSA) is 411 Å². The Labute approximate surface area is 546 Å². The maximum atomic E-state index is 12.9. The lowest BCUT2D eigenvalue weighted by Crippen LogP contribution is -2.38. The Morgan fingerprint density at radius 1 is 0.628 bits per heavy atom. The number of rotatable bonds is 30. The number of fused-ring (bicyclic) bond motifs is 4. The Morgan fingerprint density at radius 3 is 1.84 bits per heavy atom. The number of hydrogen-bond acceptors (Lipinski definition) is 18. The molecule has 0 fully saturated rings. The summed E-state index contributed by atoms with van der Waals surface area (Å²) >= 11 is 0. The molecule has 94 heavy (non-hydrogen) atoms. The largest absolute Gasteiger partial charge is 0.457 e. The fourth-order valence-corrected chi connectivity index (χ4v) is 15.6. The number of carbonyl (C=O) groups excluding carboxylic acids is 3. The van der Waals surface area contributed by atoms with Crippen LogP contribution in [0, 0.1) is 0 Å². The van der Waals surface area contributed by atoms with Gasteiger partial charge in [-0.2, -0.15) is 55.1 Å². The van der Waals surface area contributed by atoms with E-state index in [0.29, 0.717) is 101 Å². The number of anilines is 2. The molecule has 0 spiro atoms. The number of amides is 3. The van der Waals surface area contributed by atoms with Gasteiger partial charge in [0, 0.05) is 103 Å². The molecular formula is C61H74N5O22S6+. The fourth-order valence-electron chi connectivity index (χ4n) is 12.3. The molecule has 3 aliphatic heterocycles. The lowest BCUT2D eigenvalue weighted by Gasteiger charge is -2.28. The first-order valence-corrected chi connectivity index (χ1v) is 38.9. The summed E-state index contributed by atoms with van der Waals surface area (Å²) in [6.45, 7) is 7.94. The molecule has 0 unspecified atom stereocenters. The zero-order valence-electron chi connectivity index (χ0n) is 51.7. The van der Waals surface area contributed by atoms with Crippen molar-refractivity contribution >= 4 is 112 Å². The molecule has 0 saturated carbocycles. The minimum atomic E-state index is -5.10. The second-order valence-corrected chi connectivity index (χ2v) is 33.1. The average Bonchev–Trinajstić information content (AvgIpc) is 1.53. The molecule has 510 valence electrons. The smallest absolute Gasteiger partial charge is 0.295 e. The summed E-state index contributed by atoms with van der Waals surface area (Å²) in [7, 11) is -28.0. The van der Waals surface area contributed by atoms with E-state index in [1.807, 2.05) is 67.5 Å². The third kappa shape index (κ3) is 17.9. The molecule has 33 heteroatoms. The first kappa shape index (κ1) is 72.8. The Hall–Kier alpha value is -7.02. The number of nitrogens with zero attached hydrogens (tertiary/aromatic N) is 4. The van der Waals surface area contributed by atoms with Crippen LogP contribution in [0.5, 0.6) is 5.75 Å². The molecular weight excluding hydrogens is 1350 g/mol. The molecule has 0 aromatic heterocycles. The van der Waals surface area contributed by atoms with Crippen LogP contribution < -0.4 is 19.9 Å². The van der Waals surface area contributed by atoms with E-state index >= 15 is 0 Å². The lowest BCUT2D eigenvalue weighted by molar-refractivity contribution is -0.438. The minimum Gasteiger partial charge on any atom is -0.457 e. The van der Waals surface area contributed by atoms with Gasteiger partial charge in [0.1, 0.15) is 22.9 Å². The standard InChI is InChI=1S/C61H73N5O22S6/c1-60(2)49-38-43(63(30-9-35-89(70,71)72)31-10-36-90(73,74)75)17-23-50(49)64(33-11-37-91(76,77)78)53(60)25-15-41-12-8-13-42(59(41)88-44-18-20-45(21-19-44)92(79,80)81)16-26-54-61(3,4)58-48-39-46(93(82,83)84)40-52(94(85,86)87)47(48)22-24-51(58)65(54)32-7-5-6-14-55(67)62-29-34-66-56(68)27-28-57(66)69/h15-28,38-40H,5-14,29-37H2,1-4H3,(H6-,62,67,70,71,72,73,74,75,76,77,78,79,80,81,82,83,84,85,86,87)/p+1. The van der Waals surface area contributed by atoms with Crippen LogP contribution in [0.2, 0.25) is 0 Å². The molecule has 3 amide bonds. The van der Waals surface area contributed by atoms with Crippen molar-refractivity contribution in [1.82, 2.24) is 10.2 Å². The zero-order chi connectivity index (χ0) is 69.1. The van der Waals surface area contributed by atoms with Crippen LogP contribution in [0.1, 0.15) is 103 Å². The van der Waals surface area contributed by atoms with Gasteiger partial charge in [0.2, 0.25) is 11.6 Å². The molecule has 4 aromatic carbocycles. The summed E-state index contributed by atoms with van der Waals surface area (Å²) in [5, 5.41) is 2.76. The lowest BCUT2D eigenvalue weighted by atomic mass is 9.78. The maximum Gasteiger partial charge on any atom is 0.295 e. The van der Waals surface area contributed by atoms with E-state index in [1.54, 1.807) is 23.1 Å². The highest BCUT2D eigenvalue weighted by Gasteiger charge is 2.47. The van der Waals surface area contributed by atoms with E-state index < -0.39 is 115 Å². The van der Waals surface area contributed by atoms with Gasteiger partial charge in [0.15, 0.2) is 5.71 Å². The number of allylic oxidation sites excluding steroid dienone is 7. The highest BCUT2D eigenvalue weighted by molar-refractivity contribution is 7.87. The number of benzene rings is 4. The molecule has 8 rings (SSSR count). The van der Waals surface area contributed by atoms with Crippen LogP contribution in [0.25, 0.3) is 10.8 Å². The molecule has 0 saturated heterocycles. The molecule has 4 aromatic rings. The first-order valence-electron chi connectivity index (χ1n) is 29.8. The van der Waals surface area contributed by atoms with Crippen molar-refractivity contribution in [3.63, 3.8) is 0 Å². The Kier molecular flexibility index (Phi) is 22.0. The number of imide groups is 1. The van der Waals surface area contributed by atoms with Crippen LogP contribution in [-0.2, 0) is 85.9 Å². The van der Waals surface area contributed by atoms with Crippen molar-refractivity contribution in [2.45, 2.75) is 117 Å². The van der Waals surface area contributed by atoms with Gasteiger partial charge in [0.25, 0.3) is 72.5 Å². The molecule has 0 atom stereocenters. The van der Waals surface area contributed by atoms with Gasteiger partial charge in [-0.1, -0.05) is 19.9 Å². The summed E-state index contributed by atoms with van der Waals surface area (Å²) in [5.74, 6) is -2.58. The van der Waals surface area contributed by atoms with Crippen molar-refractivity contribution in [2.75, 3.05) is 66.3 Å². The first-order chi connectivity index (χ1) is 43.6. The summed E-state index contributed by atoms with van der Waals surface area (Å²) in [4.78, 5) is 39.5. The van der Waals surface area contributed by atoms with Crippen LogP contribution in [0.3, 0.4) is 0 Å². The summed E-state index contributed by atoms with van der Waals surface area (Å²) in [5.41, 5.74) is 3.23. The van der Waals surface area contributed by atoms with Crippen molar-refractivity contribution in [3.8, 4) is 5.75 Å². The van der Waals surface area contributed by atoms with Crippen LogP contribution in [0.4, 0.5) is 17.1 Å². The van der Waals surface area contributed by atoms with Gasteiger partial charge in [-0.05, 0) is 160 Å². The van der Waals surface area contributed by atoms with Gasteiger partial charge in [-0.3, -0.25) is 46.6 Å². The maximum absolute atomic E-state index is 12.9. The summed E-state index contributed by atoms with van der Waals surface area (Å²) in [6.07, 6.45) is 12.2. The third-order valence-corrected chi connectivity index (χ3v) is 21.7. The monoisotopic (exact) mass is 1420 g/mol. The van der Waals surface area contributed by atoms with Gasteiger partial charge in [-0.25, -0.2) is 0 Å². The van der Waals surface area contributed by atoms with Crippen LogP contribution in [0.15, 0.2) is 140 Å². The van der Waals surface area contributed by atoms with Gasteiger partial charge in [0.05, 0.1) is 32.5 Å². The predicted molar refractivity (Wildman–Crippen MR) is 349 cm³/mol. The number of ether oxygens (including phenoxy) is 1. The number of nitrogens with one attached hydrogen (secondary N) is 1. The van der Waals surface area contributed by atoms with E-state index in [4.69, 9.17) is 4.74 Å². The molecule has 1 aliphatic carbocycles. The predicted octanol–water partition coefficient (Wildman–Crippen LogP) is 6.88. The third-order valence-electron chi connectivity index (χ3n) is 16.7. The second kappa shape index (κ2) is 28.4. The van der Waals surface area contributed by atoms with Gasteiger partial charge < -0.3 is 19.9 Å². The SMILES string of the molecule is CC1(C)C(/C=C/C2=C(Oc3ccc(S(=O)(=O)O)cc3)C(=C/C=C3/N(CCCS(=O)(=O)O)c4ccc(N(CCCS(=O)(=O)O)CCCS(=O)(=O)O)cc4C3(C)C)/CCC2)=[N+](CCCCCC(=O)NCCN2C(=O)C=CC2=O)c2ccc3c(S(=O)(=O)O)cc(S(=O)(=O)O)cc3c21. The molecule has 27 nitrogen and oxygen atoms in total. The molecule has 0 bridgehead atoms. The van der Waals surface area contributed by atoms with E-state index in [2.05, 4.69) is 5.32 Å². The van der Waals surface area contributed by atoms with Crippen LogP contribution >= 0.6 is 0 Å². The van der Waals surface area contributed by atoms with E-state index in [1.165, 1.54) is 18.2 Å². The van der Waals surface area contributed by atoms with Gasteiger partial charge in [-0.15, -0.1) is 0 Å². The Morgan fingerprint density at radius 2 is 1.24 bits per heavy atom.